The Morgan fingerprint density at radius 1 is 1.45 bits per heavy atom. The number of carbonyl (C=O) groups is 1. The predicted octanol–water partition coefficient (Wildman–Crippen LogP) is 2.13. The first-order valence-corrected chi connectivity index (χ1v) is 6.41. The monoisotopic (exact) mass is 280 g/mol. The number of nitrogens with zero attached hydrogens (tertiary/aromatic N) is 1. The van der Waals surface area contributed by atoms with Gasteiger partial charge in [0.05, 0.1) is 4.92 Å². The Kier molecular flexibility index (Phi) is 4.52. The number of rotatable bonds is 5. The topological polar surface area (TPSA) is 102 Å². The molecule has 2 rings (SSSR count). The van der Waals surface area contributed by atoms with Crippen LogP contribution in [0.3, 0.4) is 0 Å². The van der Waals surface area contributed by atoms with Crippen molar-refractivity contribution in [1.29, 1.82) is 0 Å². The number of carboxylic acid groups (broad SMARTS) is 1. The van der Waals surface area contributed by atoms with Crippen LogP contribution >= 0.6 is 0 Å². The van der Waals surface area contributed by atoms with Crippen LogP contribution in [0.1, 0.15) is 23.2 Å². The van der Waals surface area contributed by atoms with E-state index in [0.29, 0.717) is 18.2 Å². The fraction of sp³-hybridized carbons (Fsp3) is 0.462. The zero-order valence-electron chi connectivity index (χ0n) is 10.9. The quantitative estimate of drug-likeness (QED) is 0.632. The molecule has 1 aromatic rings. The van der Waals surface area contributed by atoms with E-state index >= 15 is 0 Å². The van der Waals surface area contributed by atoms with Gasteiger partial charge in [-0.15, -0.1) is 0 Å². The summed E-state index contributed by atoms with van der Waals surface area (Å²) < 4.78 is 5.26. The summed E-state index contributed by atoms with van der Waals surface area (Å²) in [6.45, 7) is 2.18. The molecular formula is C13H16N2O5. The van der Waals surface area contributed by atoms with Crippen molar-refractivity contribution >= 4 is 17.3 Å². The Morgan fingerprint density at radius 3 is 2.75 bits per heavy atom. The molecule has 0 bridgehead atoms. The summed E-state index contributed by atoms with van der Waals surface area (Å²) in [5, 5.41) is 22.9. The Balaban J connectivity index is 2.06. The summed E-state index contributed by atoms with van der Waals surface area (Å²) in [7, 11) is 0. The fourth-order valence-electron chi connectivity index (χ4n) is 2.19. The zero-order chi connectivity index (χ0) is 14.5. The van der Waals surface area contributed by atoms with Crippen molar-refractivity contribution in [1.82, 2.24) is 0 Å². The molecule has 1 heterocycles. The van der Waals surface area contributed by atoms with Crippen molar-refractivity contribution in [2.45, 2.75) is 12.8 Å². The SMILES string of the molecule is O=C(O)c1ccc(NCC2CCOCC2)cc1[N+](=O)[O-]. The molecule has 7 heteroatoms. The Hall–Kier alpha value is -2.15. The number of aromatic carboxylic acids is 1. The maximum atomic E-state index is 10.9. The highest BCUT2D eigenvalue weighted by atomic mass is 16.6. The second-order valence-electron chi connectivity index (χ2n) is 4.73. The smallest absolute Gasteiger partial charge is 0.342 e. The van der Waals surface area contributed by atoms with E-state index < -0.39 is 16.6 Å². The first-order valence-electron chi connectivity index (χ1n) is 6.41. The highest BCUT2D eigenvalue weighted by Crippen LogP contribution is 2.24. The van der Waals surface area contributed by atoms with Gasteiger partial charge in [0.25, 0.3) is 5.69 Å². The van der Waals surface area contributed by atoms with Crippen LogP contribution in [0.25, 0.3) is 0 Å². The largest absolute Gasteiger partial charge is 0.477 e. The second kappa shape index (κ2) is 6.33. The molecule has 1 fully saturated rings. The third-order valence-corrected chi connectivity index (χ3v) is 3.36. The Morgan fingerprint density at radius 2 is 2.15 bits per heavy atom. The molecule has 0 amide bonds. The molecule has 7 nitrogen and oxygen atoms in total. The van der Waals surface area contributed by atoms with Crippen LogP contribution in [-0.2, 0) is 4.74 Å². The maximum absolute atomic E-state index is 10.9. The van der Waals surface area contributed by atoms with Crippen LogP contribution in [0.5, 0.6) is 0 Å². The van der Waals surface area contributed by atoms with Gasteiger partial charge in [0.1, 0.15) is 5.56 Å². The van der Waals surface area contributed by atoms with Crippen LogP contribution in [-0.4, -0.2) is 35.8 Å². The summed E-state index contributed by atoms with van der Waals surface area (Å²) in [4.78, 5) is 21.1. The molecule has 0 aliphatic carbocycles. The number of benzene rings is 1. The van der Waals surface area contributed by atoms with Gasteiger partial charge in [-0.2, -0.15) is 0 Å². The van der Waals surface area contributed by atoms with Gasteiger partial charge in [0.15, 0.2) is 0 Å². The summed E-state index contributed by atoms with van der Waals surface area (Å²) in [5.74, 6) is -0.824. The third kappa shape index (κ3) is 3.45. The number of anilines is 1. The van der Waals surface area contributed by atoms with Gasteiger partial charge in [0, 0.05) is 31.5 Å². The van der Waals surface area contributed by atoms with E-state index in [1.165, 1.54) is 12.1 Å². The van der Waals surface area contributed by atoms with E-state index in [1.54, 1.807) is 6.07 Å². The first-order chi connectivity index (χ1) is 9.58. The third-order valence-electron chi connectivity index (χ3n) is 3.36. The molecule has 0 saturated carbocycles. The van der Waals surface area contributed by atoms with Crippen molar-refractivity contribution in [2.75, 3.05) is 25.1 Å². The molecule has 1 aliphatic heterocycles. The summed E-state index contributed by atoms with van der Waals surface area (Å²) in [6.07, 6.45) is 1.92. The van der Waals surface area contributed by atoms with E-state index in [-0.39, 0.29) is 5.56 Å². The molecule has 0 radical (unpaired) electrons. The summed E-state index contributed by atoms with van der Waals surface area (Å²) in [5.41, 5.74) is -0.130. The standard InChI is InChI=1S/C13H16N2O5/c16-13(17)11-2-1-10(7-12(11)15(18)19)14-8-9-3-5-20-6-4-9/h1-2,7,9,14H,3-6,8H2,(H,16,17). The van der Waals surface area contributed by atoms with Crippen molar-refractivity contribution < 1.29 is 19.6 Å². The van der Waals surface area contributed by atoms with Crippen molar-refractivity contribution in [3.05, 3.63) is 33.9 Å². The van der Waals surface area contributed by atoms with E-state index in [1.807, 2.05) is 0 Å². The predicted molar refractivity (Wildman–Crippen MR) is 72.1 cm³/mol. The molecule has 0 spiro atoms. The van der Waals surface area contributed by atoms with Gasteiger partial charge in [-0.3, -0.25) is 10.1 Å². The molecule has 108 valence electrons. The lowest BCUT2D eigenvalue weighted by atomic mass is 10.0. The van der Waals surface area contributed by atoms with Crippen molar-refractivity contribution in [3.8, 4) is 0 Å². The zero-order valence-corrected chi connectivity index (χ0v) is 10.9. The number of nitro benzene ring substituents is 1. The molecule has 2 N–H and O–H groups in total. The van der Waals surface area contributed by atoms with E-state index in [4.69, 9.17) is 9.84 Å². The Labute approximate surface area is 115 Å². The minimum Gasteiger partial charge on any atom is -0.477 e. The van der Waals surface area contributed by atoms with Crippen molar-refractivity contribution in [2.24, 2.45) is 5.92 Å². The number of nitrogens with one attached hydrogen (secondary N) is 1. The van der Waals surface area contributed by atoms with Gasteiger partial charge in [-0.25, -0.2) is 4.79 Å². The minimum absolute atomic E-state index is 0.299. The molecular weight excluding hydrogens is 264 g/mol. The average Bonchev–Trinajstić information content (AvgIpc) is 2.45. The van der Waals surface area contributed by atoms with E-state index in [9.17, 15) is 14.9 Å². The molecule has 1 aromatic carbocycles. The van der Waals surface area contributed by atoms with E-state index in [2.05, 4.69) is 5.32 Å². The summed E-state index contributed by atoms with van der Waals surface area (Å²) in [6, 6.07) is 4.07. The molecule has 1 aliphatic rings. The summed E-state index contributed by atoms with van der Waals surface area (Å²) >= 11 is 0. The lowest BCUT2D eigenvalue weighted by molar-refractivity contribution is -0.385. The molecule has 0 aromatic heterocycles. The van der Waals surface area contributed by atoms with E-state index in [0.717, 1.165) is 26.1 Å². The number of hydrogen-bond donors (Lipinski definition) is 2. The van der Waals surface area contributed by atoms with Gasteiger partial charge < -0.3 is 15.2 Å². The van der Waals surface area contributed by atoms with Crippen molar-refractivity contribution in [3.63, 3.8) is 0 Å². The minimum atomic E-state index is -1.30. The molecule has 0 unspecified atom stereocenters. The second-order valence-corrected chi connectivity index (χ2v) is 4.73. The van der Waals surface area contributed by atoms with Gasteiger partial charge in [-0.05, 0) is 30.9 Å². The number of nitro groups is 1. The number of hydrogen-bond acceptors (Lipinski definition) is 5. The van der Waals surface area contributed by atoms with Gasteiger partial charge >= 0.3 is 5.97 Å². The normalized spacial score (nSPS) is 15.8. The molecule has 1 saturated heterocycles. The molecule has 0 atom stereocenters. The number of ether oxygens (including phenoxy) is 1. The van der Waals surface area contributed by atoms with Gasteiger partial charge in [-0.1, -0.05) is 0 Å². The fourth-order valence-corrected chi connectivity index (χ4v) is 2.19. The lowest BCUT2D eigenvalue weighted by Crippen LogP contribution is -2.22. The Bertz CT molecular complexity index is 511. The van der Waals surface area contributed by atoms with Crippen LogP contribution in [0.4, 0.5) is 11.4 Å². The van der Waals surface area contributed by atoms with Crippen LogP contribution in [0.2, 0.25) is 0 Å². The highest BCUT2D eigenvalue weighted by molar-refractivity contribution is 5.93. The van der Waals surface area contributed by atoms with Crippen LogP contribution in [0, 0.1) is 16.0 Å². The lowest BCUT2D eigenvalue weighted by Gasteiger charge is -2.22. The highest BCUT2D eigenvalue weighted by Gasteiger charge is 2.20. The maximum Gasteiger partial charge on any atom is 0.342 e. The van der Waals surface area contributed by atoms with Crippen LogP contribution in [0.15, 0.2) is 18.2 Å². The molecule has 20 heavy (non-hydrogen) atoms. The number of carboxylic acids is 1. The average molecular weight is 280 g/mol. The first kappa shape index (κ1) is 14.3. The van der Waals surface area contributed by atoms with Gasteiger partial charge in [0.2, 0.25) is 0 Å². The van der Waals surface area contributed by atoms with Crippen LogP contribution < -0.4 is 5.32 Å².